The van der Waals surface area contributed by atoms with Crippen molar-refractivity contribution in [3.8, 4) is 0 Å². The van der Waals surface area contributed by atoms with Crippen molar-refractivity contribution in [1.29, 1.82) is 0 Å². The lowest BCUT2D eigenvalue weighted by molar-refractivity contribution is 0.0924. The molecule has 3 nitrogen and oxygen atoms in total. The van der Waals surface area contributed by atoms with Gasteiger partial charge in [0, 0.05) is 18.2 Å². The Morgan fingerprint density at radius 3 is 2.35 bits per heavy atom. The second-order valence-electron chi connectivity index (χ2n) is 5.91. The maximum Gasteiger partial charge on any atom is 0.251 e. The number of nitrogens with one attached hydrogen (secondary N) is 1. The Bertz CT molecular complexity index is 419. The summed E-state index contributed by atoms with van der Waals surface area (Å²) in [5.74, 6) is 0.662. The number of benzene rings is 1. The standard InChI is InChI=1S/C17H26N2O/c1-13(15-6-4-2-3-5-7-15)19-17(20)16-10-8-14(12-18)9-11-16/h8-11,13,15H,2-7,12,18H2,1H3,(H,19,20)/t13-/m1/s1. The fourth-order valence-corrected chi connectivity index (χ4v) is 3.01. The Labute approximate surface area is 121 Å². The van der Waals surface area contributed by atoms with E-state index in [2.05, 4.69) is 12.2 Å². The van der Waals surface area contributed by atoms with Crippen molar-refractivity contribution in [1.82, 2.24) is 5.32 Å². The summed E-state index contributed by atoms with van der Waals surface area (Å²) in [5.41, 5.74) is 7.35. The van der Waals surface area contributed by atoms with Crippen LogP contribution in [0.1, 0.15) is 61.4 Å². The average molecular weight is 274 g/mol. The van der Waals surface area contributed by atoms with Crippen molar-refractivity contribution in [3.05, 3.63) is 35.4 Å². The largest absolute Gasteiger partial charge is 0.349 e. The van der Waals surface area contributed by atoms with Gasteiger partial charge in [-0.1, -0.05) is 37.8 Å². The van der Waals surface area contributed by atoms with E-state index < -0.39 is 0 Å². The molecule has 1 saturated carbocycles. The second-order valence-corrected chi connectivity index (χ2v) is 5.91. The summed E-state index contributed by atoms with van der Waals surface area (Å²) in [7, 11) is 0. The zero-order valence-electron chi connectivity index (χ0n) is 12.4. The van der Waals surface area contributed by atoms with E-state index in [1.165, 1.54) is 38.5 Å². The minimum absolute atomic E-state index is 0.0327. The Kier molecular flexibility index (Phi) is 5.60. The maximum atomic E-state index is 12.2. The first-order valence-electron chi connectivity index (χ1n) is 7.80. The molecule has 0 bridgehead atoms. The van der Waals surface area contributed by atoms with Crippen LogP contribution in [-0.4, -0.2) is 11.9 Å². The van der Waals surface area contributed by atoms with Crippen molar-refractivity contribution >= 4 is 5.91 Å². The van der Waals surface area contributed by atoms with Crippen LogP contribution in [0, 0.1) is 5.92 Å². The number of nitrogens with two attached hydrogens (primary N) is 1. The number of amides is 1. The van der Waals surface area contributed by atoms with Crippen molar-refractivity contribution in [2.75, 3.05) is 0 Å². The minimum atomic E-state index is 0.0327. The van der Waals surface area contributed by atoms with E-state index in [1.54, 1.807) is 0 Å². The van der Waals surface area contributed by atoms with E-state index in [0.29, 0.717) is 12.5 Å². The topological polar surface area (TPSA) is 55.1 Å². The van der Waals surface area contributed by atoms with Crippen LogP contribution < -0.4 is 11.1 Å². The van der Waals surface area contributed by atoms with Crippen molar-refractivity contribution in [2.24, 2.45) is 11.7 Å². The number of carbonyl (C=O) groups is 1. The van der Waals surface area contributed by atoms with Gasteiger partial charge in [-0.15, -0.1) is 0 Å². The van der Waals surface area contributed by atoms with Gasteiger partial charge < -0.3 is 11.1 Å². The molecule has 1 amide bonds. The van der Waals surface area contributed by atoms with Crippen LogP contribution in [0.3, 0.4) is 0 Å². The van der Waals surface area contributed by atoms with Crippen LogP contribution in [0.15, 0.2) is 24.3 Å². The van der Waals surface area contributed by atoms with Gasteiger partial charge in [0.15, 0.2) is 0 Å². The molecule has 3 N–H and O–H groups in total. The van der Waals surface area contributed by atoms with Crippen LogP contribution in [0.2, 0.25) is 0 Å². The normalized spacial score (nSPS) is 18.3. The van der Waals surface area contributed by atoms with Gasteiger partial charge in [0.25, 0.3) is 5.91 Å². The Hall–Kier alpha value is -1.35. The van der Waals surface area contributed by atoms with Gasteiger partial charge in [0.1, 0.15) is 0 Å². The second kappa shape index (κ2) is 7.44. The van der Waals surface area contributed by atoms with Gasteiger partial charge in [0.2, 0.25) is 0 Å². The molecule has 0 radical (unpaired) electrons. The third-order valence-electron chi connectivity index (χ3n) is 4.42. The predicted molar refractivity (Wildman–Crippen MR) is 82.5 cm³/mol. The molecule has 0 aliphatic heterocycles. The lowest BCUT2D eigenvalue weighted by Gasteiger charge is -2.23. The van der Waals surface area contributed by atoms with Crippen LogP contribution in [0.4, 0.5) is 0 Å². The molecular formula is C17H26N2O. The highest BCUT2D eigenvalue weighted by molar-refractivity contribution is 5.94. The molecule has 1 aliphatic carbocycles. The van der Waals surface area contributed by atoms with Crippen LogP contribution >= 0.6 is 0 Å². The van der Waals surface area contributed by atoms with Gasteiger partial charge in [-0.05, 0) is 43.4 Å². The fourth-order valence-electron chi connectivity index (χ4n) is 3.01. The van der Waals surface area contributed by atoms with E-state index in [4.69, 9.17) is 5.73 Å². The lowest BCUT2D eigenvalue weighted by Crippen LogP contribution is -2.38. The molecule has 3 heteroatoms. The van der Waals surface area contributed by atoms with Gasteiger partial charge in [-0.3, -0.25) is 4.79 Å². The summed E-state index contributed by atoms with van der Waals surface area (Å²) in [6, 6.07) is 7.82. The zero-order chi connectivity index (χ0) is 14.4. The van der Waals surface area contributed by atoms with E-state index in [9.17, 15) is 4.79 Å². The molecule has 0 spiro atoms. The number of carbonyl (C=O) groups excluding carboxylic acids is 1. The number of rotatable bonds is 4. The maximum absolute atomic E-state index is 12.2. The van der Waals surface area contributed by atoms with Crippen LogP contribution in [0.25, 0.3) is 0 Å². The zero-order valence-corrected chi connectivity index (χ0v) is 12.4. The van der Waals surface area contributed by atoms with Gasteiger partial charge in [-0.25, -0.2) is 0 Å². The molecule has 1 fully saturated rings. The van der Waals surface area contributed by atoms with Crippen molar-refractivity contribution in [2.45, 2.75) is 58.0 Å². The van der Waals surface area contributed by atoms with E-state index in [1.807, 2.05) is 24.3 Å². The molecule has 0 heterocycles. The summed E-state index contributed by atoms with van der Waals surface area (Å²) in [4.78, 5) is 12.2. The molecule has 2 rings (SSSR count). The van der Waals surface area contributed by atoms with E-state index in [-0.39, 0.29) is 11.9 Å². The first-order chi connectivity index (χ1) is 9.70. The lowest BCUT2D eigenvalue weighted by atomic mass is 9.93. The fraction of sp³-hybridized carbons (Fsp3) is 0.588. The van der Waals surface area contributed by atoms with Gasteiger partial charge in [-0.2, -0.15) is 0 Å². The molecule has 0 unspecified atom stereocenters. The van der Waals surface area contributed by atoms with E-state index in [0.717, 1.165) is 11.1 Å². The molecular weight excluding hydrogens is 248 g/mol. The molecule has 1 aliphatic rings. The first-order valence-corrected chi connectivity index (χ1v) is 7.80. The summed E-state index contributed by atoms with van der Waals surface area (Å²) < 4.78 is 0. The minimum Gasteiger partial charge on any atom is -0.349 e. The predicted octanol–water partition coefficient (Wildman–Crippen LogP) is 3.23. The molecule has 1 aromatic rings. The Morgan fingerprint density at radius 1 is 1.20 bits per heavy atom. The third kappa shape index (κ3) is 4.07. The highest BCUT2D eigenvalue weighted by Gasteiger charge is 2.20. The molecule has 0 saturated heterocycles. The summed E-state index contributed by atoms with van der Waals surface area (Å²) >= 11 is 0. The highest BCUT2D eigenvalue weighted by Crippen LogP contribution is 2.25. The van der Waals surface area contributed by atoms with Crippen LogP contribution in [0.5, 0.6) is 0 Å². The summed E-state index contributed by atoms with van der Waals surface area (Å²) in [6.07, 6.45) is 7.78. The first kappa shape index (κ1) is 15.0. The monoisotopic (exact) mass is 274 g/mol. The van der Waals surface area contributed by atoms with Crippen LogP contribution in [-0.2, 0) is 6.54 Å². The average Bonchev–Trinajstić information content (AvgIpc) is 2.76. The molecule has 1 aromatic carbocycles. The van der Waals surface area contributed by atoms with E-state index >= 15 is 0 Å². The molecule has 20 heavy (non-hydrogen) atoms. The quantitative estimate of drug-likeness (QED) is 0.828. The summed E-state index contributed by atoms with van der Waals surface area (Å²) in [6.45, 7) is 2.66. The molecule has 0 aromatic heterocycles. The molecule has 1 atom stereocenters. The van der Waals surface area contributed by atoms with Gasteiger partial charge >= 0.3 is 0 Å². The third-order valence-corrected chi connectivity index (χ3v) is 4.42. The highest BCUT2D eigenvalue weighted by atomic mass is 16.1. The Morgan fingerprint density at radius 2 is 1.80 bits per heavy atom. The number of hydrogen-bond acceptors (Lipinski definition) is 2. The van der Waals surface area contributed by atoms with Crippen molar-refractivity contribution in [3.63, 3.8) is 0 Å². The Balaban J connectivity index is 1.91. The molecule has 110 valence electrons. The van der Waals surface area contributed by atoms with Gasteiger partial charge in [0.05, 0.1) is 0 Å². The van der Waals surface area contributed by atoms with Crippen molar-refractivity contribution < 1.29 is 4.79 Å². The smallest absolute Gasteiger partial charge is 0.251 e. The number of hydrogen-bond donors (Lipinski definition) is 2. The summed E-state index contributed by atoms with van der Waals surface area (Å²) in [5, 5.41) is 3.16. The SMILES string of the molecule is C[C@@H](NC(=O)c1ccc(CN)cc1)C1CCCCCC1.